The van der Waals surface area contributed by atoms with E-state index in [4.69, 9.17) is 0 Å². The van der Waals surface area contributed by atoms with Crippen molar-refractivity contribution in [3.8, 4) is 0 Å². The molecule has 0 spiro atoms. The smallest absolute Gasteiger partial charge is 0.211 e. The zero-order chi connectivity index (χ0) is 12.4. The molecule has 0 saturated heterocycles. The molecule has 3 nitrogen and oxygen atoms in total. The highest BCUT2D eigenvalue weighted by molar-refractivity contribution is 7.89. The van der Waals surface area contributed by atoms with E-state index in [9.17, 15) is 8.42 Å². The molecular weight excluding hydrogens is 222 g/mol. The monoisotopic (exact) mass is 247 g/mol. The number of rotatable bonds is 5. The molecule has 1 aliphatic rings. The van der Waals surface area contributed by atoms with Gasteiger partial charge in [0, 0.05) is 6.04 Å². The van der Waals surface area contributed by atoms with Crippen LogP contribution in [-0.4, -0.2) is 20.2 Å². The van der Waals surface area contributed by atoms with Crippen LogP contribution in [0.3, 0.4) is 0 Å². The highest BCUT2D eigenvalue weighted by Gasteiger charge is 2.38. The summed E-state index contributed by atoms with van der Waals surface area (Å²) in [6.07, 6.45) is 3.67. The summed E-state index contributed by atoms with van der Waals surface area (Å²) >= 11 is 0. The molecule has 1 aliphatic carbocycles. The largest absolute Gasteiger partial charge is 0.212 e. The molecule has 0 unspecified atom stereocenters. The molecule has 0 radical (unpaired) electrons. The standard InChI is InChI=1S/C12H25NO2S/c1-5-6-7-16(14,15)13-11-8-10(9-11)12(2,3)4/h10-11,13H,5-9H2,1-4H3. The van der Waals surface area contributed by atoms with E-state index in [1.807, 2.05) is 6.92 Å². The lowest BCUT2D eigenvalue weighted by molar-refractivity contribution is 0.110. The summed E-state index contributed by atoms with van der Waals surface area (Å²) in [6, 6.07) is 0.186. The molecule has 0 heterocycles. The zero-order valence-corrected chi connectivity index (χ0v) is 11.7. The van der Waals surface area contributed by atoms with Crippen molar-refractivity contribution in [3.05, 3.63) is 0 Å². The van der Waals surface area contributed by atoms with Crippen molar-refractivity contribution in [1.29, 1.82) is 0 Å². The molecule has 1 saturated carbocycles. The first-order valence-corrected chi connectivity index (χ1v) is 7.90. The summed E-state index contributed by atoms with van der Waals surface area (Å²) in [5.41, 5.74) is 0.311. The van der Waals surface area contributed by atoms with E-state index in [1.54, 1.807) is 0 Å². The minimum atomic E-state index is -3.02. The summed E-state index contributed by atoms with van der Waals surface area (Å²) in [7, 11) is -3.02. The Bertz CT molecular complexity index is 310. The molecule has 0 atom stereocenters. The van der Waals surface area contributed by atoms with Crippen molar-refractivity contribution >= 4 is 10.0 Å². The molecule has 4 heteroatoms. The maximum absolute atomic E-state index is 11.6. The van der Waals surface area contributed by atoms with Gasteiger partial charge in [0.2, 0.25) is 10.0 Å². The zero-order valence-electron chi connectivity index (χ0n) is 10.9. The first-order valence-electron chi connectivity index (χ1n) is 6.24. The molecule has 1 rings (SSSR count). The predicted molar refractivity (Wildman–Crippen MR) is 67.8 cm³/mol. The molecule has 96 valence electrons. The molecule has 0 amide bonds. The average Bonchev–Trinajstić information content (AvgIpc) is 2.05. The summed E-state index contributed by atoms with van der Waals surface area (Å²) in [5, 5.41) is 0. The van der Waals surface area contributed by atoms with Crippen LogP contribution in [0.5, 0.6) is 0 Å². The van der Waals surface area contributed by atoms with Crippen LogP contribution in [0.4, 0.5) is 0 Å². The number of sulfonamides is 1. The van der Waals surface area contributed by atoms with Gasteiger partial charge in [0.25, 0.3) is 0 Å². The van der Waals surface area contributed by atoms with E-state index in [0.29, 0.717) is 11.3 Å². The molecule has 0 aliphatic heterocycles. The Morgan fingerprint density at radius 1 is 1.25 bits per heavy atom. The van der Waals surface area contributed by atoms with Crippen molar-refractivity contribution in [1.82, 2.24) is 4.72 Å². The molecule has 0 aromatic rings. The van der Waals surface area contributed by atoms with Crippen molar-refractivity contribution in [2.24, 2.45) is 11.3 Å². The third-order valence-corrected chi connectivity index (χ3v) is 4.99. The molecular formula is C12H25NO2S. The normalized spacial score (nSPS) is 26.5. The maximum Gasteiger partial charge on any atom is 0.211 e. The topological polar surface area (TPSA) is 46.2 Å². The fourth-order valence-corrected chi connectivity index (χ4v) is 3.56. The Morgan fingerprint density at radius 2 is 1.81 bits per heavy atom. The Morgan fingerprint density at radius 3 is 2.25 bits per heavy atom. The summed E-state index contributed by atoms with van der Waals surface area (Å²) in [6.45, 7) is 8.67. The van der Waals surface area contributed by atoms with E-state index in [0.717, 1.165) is 25.7 Å². The van der Waals surface area contributed by atoms with E-state index >= 15 is 0 Å². The van der Waals surface area contributed by atoms with Crippen LogP contribution in [0.15, 0.2) is 0 Å². The SMILES string of the molecule is CCCCS(=O)(=O)NC1CC(C(C)(C)C)C1. The first-order chi connectivity index (χ1) is 7.24. The molecule has 1 N–H and O–H groups in total. The van der Waals surface area contributed by atoms with E-state index in [1.165, 1.54) is 0 Å². The fourth-order valence-electron chi connectivity index (χ4n) is 2.07. The van der Waals surface area contributed by atoms with Crippen LogP contribution in [0.2, 0.25) is 0 Å². The van der Waals surface area contributed by atoms with Gasteiger partial charge in [-0.3, -0.25) is 0 Å². The van der Waals surface area contributed by atoms with Crippen LogP contribution in [-0.2, 0) is 10.0 Å². The van der Waals surface area contributed by atoms with Gasteiger partial charge in [0.05, 0.1) is 5.75 Å². The molecule has 1 fully saturated rings. The second-order valence-electron chi connectivity index (χ2n) is 6.02. The lowest BCUT2D eigenvalue weighted by Gasteiger charge is -2.43. The van der Waals surface area contributed by atoms with Gasteiger partial charge in [0.15, 0.2) is 0 Å². The van der Waals surface area contributed by atoms with E-state index < -0.39 is 10.0 Å². The third kappa shape index (κ3) is 4.06. The Balaban J connectivity index is 2.32. The Hall–Kier alpha value is -0.0900. The lowest BCUT2D eigenvalue weighted by atomic mass is 9.66. The highest BCUT2D eigenvalue weighted by atomic mass is 32.2. The van der Waals surface area contributed by atoms with Gasteiger partial charge in [-0.05, 0) is 30.6 Å². The summed E-state index contributed by atoms with van der Waals surface area (Å²) in [4.78, 5) is 0. The molecule has 0 bridgehead atoms. The lowest BCUT2D eigenvalue weighted by Crippen LogP contribution is -2.48. The Labute approximate surface area is 100 Å². The van der Waals surface area contributed by atoms with E-state index in [-0.39, 0.29) is 11.8 Å². The minimum Gasteiger partial charge on any atom is -0.212 e. The van der Waals surface area contributed by atoms with E-state index in [2.05, 4.69) is 25.5 Å². The predicted octanol–water partition coefficient (Wildman–Crippen LogP) is 2.53. The summed E-state index contributed by atoms with van der Waals surface area (Å²) in [5.74, 6) is 0.937. The van der Waals surface area contributed by atoms with Gasteiger partial charge >= 0.3 is 0 Å². The number of hydrogen-bond acceptors (Lipinski definition) is 2. The molecule has 16 heavy (non-hydrogen) atoms. The van der Waals surface area contributed by atoms with Gasteiger partial charge in [0.1, 0.15) is 0 Å². The number of nitrogens with one attached hydrogen (secondary N) is 1. The molecule has 0 aromatic heterocycles. The average molecular weight is 247 g/mol. The van der Waals surface area contributed by atoms with Crippen molar-refractivity contribution < 1.29 is 8.42 Å². The van der Waals surface area contributed by atoms with Crippen LogP contribution >= 0.6 is 0 Å². The highest BCUT2D eigenvalue weighted by Crippen LogP contribution is 2.41. The van der Waals surface area contributed by atoms with Gasteiger partial charge in [-0.15, -0.1) is 0 Å². The summed E-state index contributed by atoms with van der Waals surface area (Å²) < 4.78 is 26.1. The quantitative estimate of drug-likeness (QED) is 0.811. The van der Waals surface area contributed by atoms with Crippen molar-refractivity contribution in [2.75, 3.05) is 5.75 Å². The van der Waals surface area contributed by atoms with Crippen LogP contribution in [0, 0.1) is 11.3 Å². The van der Waals surface area contributed by atoms with Gasteiger partial charge < -0.3 is 0 Å². The fraction of sp³-hybridized carbons (Fsp3) is 1.00. The second-order valence-corrected chi connectivity index (χ2v) is 7.89. The third-order valence-electron chi connectivity index (χ3n) is 3.48. The molecule has 0 aromatic carbocycles. The van der Waals surface area contributed by atoms with Gasteiger partial charge in [-0.1, -0.05) is 34.1 Å². The van der Waals surface area contributed by atoms with Crippen molar-refractivity contribution in [2.45, 2.75) is 59.4 Å². The maximum atomic E-state index is 11.6. The van der Waals surface area contributed by atoms with Crippen LogP contribution < -0.4 is 4.72 Å². The minimum absolute atomic E-state index is 0.186. The number of hydrogen-bond donors (Lipinski definition) is 1. The Kier molecular flexibility index (Phi) is 4.41. The van der Waals surface area contributed by atoms with Crippen LogP contribution in [0.1, 0.15) is 53.4 Å². The van der Waals surface area contributed by atoms with Crippen LogP contribution in [0.25, 0.3) is 0 Å². The first kappa shape index (κ1) is 14.0. The van der Waals surface area contributed by atoms with Gasteiger partial charge in [-0.25, -0.2) is 13.1 Å². The van der Waals surface area contributed by atoms with Crippen molar-refractivity contribution in [3.63, 3.8) is 0 Å². The number of unbranched alkanes of at least 4 members (excludes halogenated alkanes) is 1. The second kappa shape index (κ2) is 5.05. The van der Waals surface area contributed by atoms with Gasteiger partial charge in [-0.2, -0.15) is 0 Å².